The maximum absolute atomic E-state index is 11.0. The van der Waals surface area contributed by atoms with Gasteiger partial charge in [-0.3, -0.25) is 10.1 Å². The molecule has 1 saturated heterocycles. The summed E-state index contributed by atoms with van der Waals surface area (Å²) >= 11 is 0. The third-order valence-electron chi connectivity index (χ3n) is 3.24. The number of nitro groups is 1. The highest BCUT2D eigenvalue weighted by Gasteiger charge is 2.22. The Labute approximate surface area is 111 Å². The molecule has 0 amide bonds. The number of rotatable bonds is 3. The summed E-state index contributed by atoms with van der Waals surface area (Å²) in [6, 6.07) is 6.19. The van der Waals surface area contributed by atoms with Crippen LogP contribution in [0.15, 0.2) is 18.2 Å². The first kappa shape index (κ1) is 13.3. The summed E-state index contributed by atoms with van der Waals surface area (Å²) in [6.07, 6.45) is 1.71. The first-order valence-electron chi connectivity index (χ1n) is 6.14. The average molecular weight is 261 g/mol. The molecular formula is C13H15N3O3. The average Bonchev–Trinajstić information content (AvgIpc) is 2.41. The largest absolute Gasteiger partial charge is 0.483 e. The first-order valence-corrected chi connectivity index (χ1v) is 6.14. The fourth-order valence-electron chi connectivity index (χ4n) is 2.11. The van der Waals surface area contributed by atoms with Crippen LogP contribution >= 0.6 is 0 Å². The van der Waals surface area contributed by atoms with Crippen LogP contribution in [0.5, 0.6) is 5.75 Å². The summed E-state index contributed by atoms with van der Waals surface area (Å²) in [5.41, 5.74) is 0.125. The third-order valence-corrected chi connectivity index (χ3v) is 3.24. The van der Waals surface area contributed by atoms with E-state index in [1.54, 1.807) is 0 Å². The van der Waals surface area contributed by atoms with Crippen molar-refractivity contribution < 1.29 is 9.66 Å². The van der Waals surface area contributed by atoms with Crippen molar-refractivity contribution >= 4 is 5.69 Å². The molecule has 1 aliphatic heterocycles. The summed E-state index contributed by atoms with van der Waals surface area (Å²) < 4.78 is 5.72. The number of ether oxygens (including phenoxy) is 1. The van der Waals surface area contributed by atoms with Crippen molar-refractivity contribution in [2.24, 2.45) is 0 Å². The van der Waals surface area contributed by atoms with Gasteiger partial charge in [0.1, 0.15) is 6.10 Å². The van der Waals surface area contributed by atoms with E-state index >= 15 is 0 Å². The lowest BCUT2D eigenvalue weighted by Gasteiger charge is -2.29. The van der Waals surface area contributed by atoms with Gasteiger partial charge in [-0.05, 0) is 32.0 Å². The number of nitriles is 1. The second kappa shape index (κ2) is 5.67. The number of benzene rings is 1. The molecule has 100 valence electrons. The Kier molecular flexibility index (Phi) is 3.97. The van der Waals surface area contributed by atoms with Crippen LogP contribution in [0.1, 0.15) is 18.4 Å². The zero-order valence-corrected chi connectivity index (χ0v) is 10.7. The minimum atomic E-state index is -0.509. The van der Waals surface area contributed by atoms with E-state index in [2.05, 4.69) is 4.90 Å². The Morgan fingerprint density at radius 2 is 2.16 bits per heavy atom. The fraction of sp³-hybridized carbons (Fsp3) is 0.462. The Bertz CT molecular complexity index is 516. The van der Waals surface area contributed by atoms with E-state index in [-0.39, 0.29) is 23.1 Å². The van der Waals surface area contributed by atoms with E-state index in [0.717, 1.165) is 25.9 Å². The summed E-state index contributed by atoms with van der Waals surface area (Å²) in [6.45, 7) is 1.85. The molecule has 0 saturated carbocycles. The molecule has 0 aliphatic carbocycles. The van der Waals surface area contributed by atoms with E-state index in [0.29, 0.717) is 0 Å². The number of hydrogen-bond acceptors (Lipinski definition) is 5. The normalized spacial score (nSPS) is 16.8. The van der Waals surface area contributed by atoms with Crippen LogP contribution in [0.2, 0.25) is 0 Å². The van der Waals surface area contributed by atoms with Crippen LogP contribution in [0, 0.1) is 21.4 Å². The highest BCUT2D eigenvalue weighted by atomic mass is 16.6. The van der Waals surface area contributed by atoms with E-state index < -0.39 is 4.92 Å². The lowest BCUT2D eigenvalue weighted by molar-refractivity contribution is -0.386. The molecule has 0 N–H and O–H groups in total. The highest BCUT2D eigenvalue weighted by Crippen LogP contribution is 2.30. The van der Waals surface area contributed by atoms with Crippen molar-refractivity contribution in [1.82, 2.24) is 4.90 Å². The number of hydrogen-bond donors (Lipinski definition) is 0. The monoisotopic (exact) mass is 261 g/mol. The predicted octanol–water partition coefficient (Wildman–Crippen LogP) is 1.94. The van der Waals surface area contributed by atoms with Crippen LogP contribution in [0.3, 0.4) is 0 Å². The van der Waals surface area contributed by atoms with Crippen LogP contribution in [0.25, 0.3) is 0 Å². The van der Waals surface area contributed by atoms with Gasteiger partial charge in [0.2, 0.25) is 0 Å². The van der Waals surface area contributed by atoms with Gasteiger partial charge in [0.05, 0.1) is 16.6 Å². The SMILES string of the molecule is CN1CCC(Oc2ccc(C#N)cc2[N+](=O)[O-])CC1. The maximum atomic E-state index is 11.0. The van der Waals surface area contributed by atoms with Crippen LogP contribution in [-0.4, -0.2) is 36.1 Å². The molecular weight excluding hydrogens is 246 g/mol. The Morgan fingerprint density at radius 3 is 2.74 bits per heavy atom. The summed E-state index contributed by atoms with van der Waals surface area (Å²) in [7, 11) is 2.04. The molecule has 1 fully saturated rings. The maximum Gasteiger partial charge on any atom is 0.312 e. The fourth-order valence-corrected chi connectivity index (χ4v) is 2.11. The molecule has 19 heavy (non-hydrogen) atoms. The molecule has 1 heterocycles. The second-order valence-electron chi connectivity index (χ2n) is 4.67. The molecule has 0 spiro atoms. The molecule has 1 aliphatic rings. The lowest BCUT2D eigenvalue weighted by Crippen LogP contribution is -2.35. The van der Waals surface area contributed by atoms with Crippen molar-refractivity contribution in [1.29, 1.82) is 5.26 Å². The van der Waals surface area contributed by atoms with Crippen LogP contribution < -0.4 is 4.74 Å². The van der Waals surface area contributed by atoms with Gasteiger partial charge in [-0.25, -0.2) is 0 Å². The van der Waals surface area contributed by atoms with Crippen molar-refractivity contribution in [2.45, 2.75) is 18.9 Å². The summed E-state index contributed by atoms with van der Waals surface area (Å²) in [5.74, 6) is 0.249. The zero-order chi connectivity index (χ0) is 13.8. The van der Waals surface area contributed by atoms with E-state index in [1.165, 1.54) is 18.2 Å². The number of likely N-dealkylation sites (tertiary alicyclic amines) is 1. The van der Waals surface area contributed by atoms with Crippen LogP contribution in [-0.2, 0) is 0 Å². The Hall–Kier alpha value is -2.13. The molecule has 0 aromatic heterocycles. The number of nitrogens with zero attached hydrogens (tertiary/aromatic N) is 3. The molecule has 0 bridgehead atoms. The Morgan fingerprint density at radius 1 is 1.47 bits per heavy atom. The van der Waals surface area contributed by atoms with E-state index in [9.17, 15) is 10.1 Å². The van der Waals surface area contributed by atoms with E-state index in [1.807, 2.05) is 13.1 Å². The predicted molar refractivity (Wildman–Crippen MR) is 69.0 cm³/mol. The zero-order valence-electron chi connectivity index (χ0n) is 10.7. The molecule has 1 aromatic rings. The first-order chi connectivity index (χ1) is 9.10. The minimum absolute atomic E-state index is 0.00263. The van der Waals surface area contributed by atoms with Gasteiger partial charge >= 0.3 is 5.69 Å². The van der Waals surface area contributed by atoms with Gasteiger partial charge < -0.3 is 9.64 Å². The summed E-state index contributed by atoms with van der Waals surface area (Å²) in [5, 5.41) is 19.8. The van der Waals surface area contributed by atoms with Gasteiger partial charge in [-0.2, -0.15) is 5.26 Å². The van der Waals surface area contributed by atoms with Gasteiger partial charge in [-0.1, -0.05) is 0 Å². The molecule has 0 unspecified atom stereocenters. The smallest absolute Gasteiger partial charge is 0.312 e. The standard InChI is InChI=1S/C13H15N3O3/c1-15-6-4-11(5-7-15)19-13-3-2-10(9-14)8-12(13)16(17)18/h2-3,8,11H,4-7H2,1H3. The van der Waals surface area contributed by atoms with Crippen LogP contribution in [0.4, 0.5) is 5.69 Å². The molecule has 6 heteroatoms. The molecule has 0 atom stereocenters. The van der Waals surface area contributed by atoms with Crippen molar-refractivity contribution in [3.8, 4) is 11.8 Å². The lowest BCUT2D eigenvalue weighted by atomic mass is 10.1. The van der Waals surface area contributed by atoms with E-state index in [4.69, 9.17) is 10.00 Å². The third kappa shape index (κ3) is 3.20. The van der Waals surface area contributed by atoms with Gasteiger partial charge in [0.15, 0.2) is 5.75 Å². The quantitative estimate of drug-likeness (QED) is 0.613. The van der Waals surface area contributed by atoms with Gasteiger partial charge in [-0.15, -0.1) is 0 Å². The van der Waals surface area contributed by atoms with Gasteiger partial charge in [0, 0.05) is 19.2 Å². The second-order valence-corrected chi connectivity index (χ2v) is 4.67. The molecule has 2 rings (SSSR count). The molecule has 6 nitrogen and oxygen atoms in total. The highest BCUT2D eigenvalue weighted by molar-refractivity contribution is 5.51. The topological polar surface area (TPSA) is 79.4 Å². The minimum Gasteiger partial charge on any atom is -0.483 e. The van der Waals surface area contributed by atoms with Crippen molar-refractivity contribution in [2.75, 3.05) is 20.1 Å². The molecule has 0 radical (unpaired) electrons. The molecule has 1 aromatic carbocycles. The van der Waals surface area contributed by atoms with Crippen molar-refractivity contribution in [3.63, 3.8) is 0 Å². The number of nitro benzene ring substituents is 1. The number of piperidine rings is 1. The Balaban J connectivity index is 2.16. The van der Waals surface area contributed by atoms with Crippen molar-refractivity contribution in [3.05, 3.63) is 33.9 Å². The van der Waals surface area contributed by atoms with Gasteiger partial charge in [0.25, 0.3) is 0 Å². The summed E-state index contributed by atoms with van der Waals surface area (Å²) in [4.78, 5) is 12.7.